The maximum atomic E-state index is 10.0. The molecular formula is C22H27N3O3S. The van der Waals surface area contributed by atoms with Crippen LogP contribution in [0.15, 0.2) is 36.5 Å². The Morgan fingerprint density at radius 3 is 2.24 bits per heavy atom. The van der Waals surface area contributed by atoms with Gasteiger partial charge in [-0.05, 0) is 73.2 Å². The molecule has 0 unspecified atom stereocenters. The SMILES string of the molecule is Cc1cc(-c2ccc3ncc(N4CCC(S(C)(O)O)CC4)nc3c2)cc(C)c1O. The van der Waals surface area contributed by atoms with Gasteiger partial charge in [0.25, 0.3) is 0 Å². The monoisotopic (exact) mass is 413 g/mol. The maximum Gasteiger partial charge on any atom is 0.147 e. The van der Waals surface area contributed by atoms with Gasteiger partial charge in [0.15, 0.2) is 0 Å². The number of hydrogen-bond acceptors (Lipinski definition) is 6. The van der Waals surface area contributed by atoms with E-state index >= 15 is 0 Å². The smallest absolute Gasteiger partial charge is 0.147 e. The molecule has 29 heavy (non-hydrogen) atoms. The average molecular weight is 414 g/mol. The summed E-state index contributed by atoms with van der Waals surface area (Å²) in [5.41, 5.74) is 5.44. The summed E-state index contributed by atoms with van der Waals surface area (Å²) in [6.07, 6.45) is 4.81. The summed E-state index contributed by atoms with van der Waals surface area (Å²) in [5, 5.41) is 10.00. The van der Waals surface area contributed by atoms with Crippen LogP contribution in [0.25, 0.3) is 22.2 Å². The predicted octanol–water partition coefficient (Wildman–Crippen LogP) is 4.97. The van der Waals surface area contributed by atoms with E-state index in [1.54, 1.807) is 6.20 Å². The molecule has 0 amide bonds. The highest BCUT2D eigenvalue weighted by Gasteiger charge is 2.27. The van der Waals surface area contributed by atoms with Crippen molar-refractivity contribution in [1.82, 2.24) is 9.97 Å². The van der Waals surface area contributed by atoms with Crippen LogP contribution < -0.4 is 4.90 Å². The first kappa shape index (κ1) is 19.9. The number of rotatable bonds is 3. The normalized spacial score (nSPS) is 16.4. The molecule has 154 valence electrons. The van der Waals surface area contributed by atoms with Crippen LogP contribution in [0.1, 0.15) is 24.0 Å². The number of fused-ring (bicyclic) bond motifs is 1. The molecule has 7 heteroatoms. The van der Waals surface area contributed by atoms with Crippen molar-refractivity contribution >= 4 is 27.4 Å². The molecule has 2 heterocycles. The Labute approximate surface area is 172 Å². The predicted molar refractivity (Wildman–Crippen MR) is 120 cm³/mol. The van der Waals surface area contributed by atoms with E-state index in [9.17, 15) is 14.2 Å². The molecule has 6 nitrogen and oxygen atoms in total. The van der Waals surface area contributed by atoms with E-state index in [4.69, 9.17) is 4.98 Å². The number of benzene rings is 2. The molecule has 0 bridgehead atoms. The number of aromatic hydroxyl groups is 1. The Balaban J connectivity index is 1.63. The van der Waals surface area contributed by atoms with Crippen LogP contribution in [-0.4, -0.2) is 48.8 Å². The Morgan fingerprint density at radius 1 is 0.966 bits per heavy atom. The van der Waals surface area contributed by atoms with E-state index in [-0.39, 0.29) is 5.25 Å². The number of hydrogen-bond donors (Lipinski definition) is 3. The average Bonchev–Trinajstić information content (AvgIpc) is 2.70. The van der Waals surface area contributed by atoms with Gasteiger partial charge in [0.1, 0.15) is 11.6 Å². The van der Waals surface area contributed by atoms with E-state index in [0.29, 0.717) is 5.75 Å². The summed E-state index contributed by atoms with van der Waals surface area (Å²) in [5.74, 6) is 1.16. The van der Waals surface area contributed by atoms with Crippen molar-refractivity contribution in [3.8, 4) is 16.9 Å². The Morgan fingerprint density at radius 2 is 1.62 bits per heavy atom. The highest BCUT2D eigenvalue weighted by atomic mass is 32.3. The third kappa shape index (κ3) is 4.03. The second-order valence-electron chi connectivity index (χ2n) is 7.97. The summed E-state index contributed by atoms with van der Waals surface area (Å²) in [7, 11) is -2.49. The van der Waals surface area contributed by atoms with E-state index in [1.165, 1.54) is 6.26 Å². The van der Waals surface area contributed by atoms with Gasteiger partial charge >= 0.3 is 0 Å². The molecule has 0 radical (unpaired) electrons. The van der Waals surface area contributed by atoms with Crippen LogP contribution >= 0.6 is 10.6 Å². The lowest BCUT2D eigenvalue weighted by Gasteiger charge is -2.42. The standard InChI is InChI=1S/C22H27N3O3S/c1-14-10-17(11-15(2)22(14)26)16-4-5-19-20(12-16)24-21(13-23-19)25-8-6-18(7-9-25)29(3,27)28/h4-5,10-13,18,26-28H,6-9H2,1-3H3. The van der Waals surface area contributed by atoms with E-state index in [0.717, 1.165) is 65.0 Å². The zero-order valence-corrected chi connectivity index (χ0v) is 17.8. The maximum absolute atomic E-state index is 10.0. The lowest BCUT2D eigenvalue weighted by molar-refractivity contribution is 0.451. The number of anilines is 1. The van der Waals surface area contributed by atoms with Gasteiger partial charge in [-0.1, -0.05) is 6.07 Å². The molecule has 1 aliphatic rings. The number of phenols is 1. The van der Waals surface area contributed by atoms with Gasteiger partial charge in [-0.2, -0.15) is 10.6 Å². The molecule has 0 aliphatic carbocycles. The van der Waals surface area contributed by atoms with Crippen molar-refractivity contribution < 1.29 is 14.2 Å². The van der Waals surface area contributed by atoms with Crippen LogP contribution in [0.3, 0.4) is 0 Å². The van der Waals surface area contributed by atoms with Crippen LogP contribution in [0.5, 0.6) is 5.75 Å². The van der Waals surface area contributed by atoms with E-state index in [2.05, 4.69) is 9.88 Å². The summed E-state index contributed by atoms with van der Waals surface area (Å²) in [6.45, 7) is 5.29. The van der Waals surface area contributed by atoms with Crippen molar-refractivity contribution in [2.75, 3.05) is 24.2 Å². The third-order valence-corrected chi connectivity index (χ3v) is 7.49. The molecule has 0 spiro atoms. The lowest BCUT2D eigenvalue weighted by atomic mass is 9.99. The van der Waals surface area contributed by atoms with Gasteiger partial charge in [-0.3, -0.25) is 14.1 Å². The van der Waals surface area contributed by atoms with Crippen LogP contribution in [0.4, 0.5) is 5.82 Å². The Hall–Kier alpha value is -2.35. The van der Waals surface area contributed by atoms with Crippen LogP contribution in [-0.2, 0) is 0 Å². The van der Waals surface area contributed by atoms with E-state index < -0.39 is 10.6 Å². The van der Waals surface area contributed by atoms with Gasteiger partial charge in [-0.15, -0.1) is 0 Å². The first-order valence-corrected chi connectivity index (χ1v) is 11.8. The summed E-state index contributed by atoms with van der Waals surface area (Å²) >= 11 is 0. The number of phenolic OH excluding ortho intramolecular Hbond substituents is 1. The fourth-order valence-electron chi connectivity index (χ4n) is 3.99. The van der Waals surface area contributed by atoms with Crippen LogP contribution in [0, 0.1) is 13.8 Å². The van der Waals surface area contributed by atoms with Gasteiger partial charge in [-0.25, -0.2) is 4.98 Å². The first-order chi connectivity index (χ1) is 13.7. The van der Waals surface area contributed by atoms with Crippen molar-refractivity contribution in [2.24, 2.45) is 0 Å². The van der Waals surface area contributed by atoms with E-state index in [1.807, 2.05) is 44.2 Å². The highest BCUT2D eigenvalue weighted by Crippen LogP contribution is 2.45. The molecule has 1 aromatic heterocycles. The zero-order valence-electron chi connectivity index (χ0n) is 17.0. The summed E-state index contributed by atoms with van der Waals surface area (Å²) in [6, 6.07) is 9.99. The molecule has 1 aliphatic heterocycles. The summed E-state index contributed by atoms with van der Waals surface area (Å²) in [4.78, 5) is 11.6. The lowest BCUT2D eigenvalue weighted by Crippen LogP contribution is -2.38. The first-order valence-electron chi connectivity index (χ1n) is 9.77. The molecule has 0 atom stereocenters. The van der Waals surface area contributed by atoms with Crippen molar-refractivity contribution in [1.29, 1.82) is 0 Å². The fraction of sp³-hybridized carbons (Fsp3) is 0.364. The number of aryl methyl sites for hydroxylation is 2. The largest absolute Gasteiger partial charge is 0.507 e. The zero-order chi connectivity index (χ0) is 20.8. The second kappa shape index (κ2) is 7.48. The Kier molecular flexibility index (Phi) is 5.14. The molecule has 4 rings (SSSR count). The fourth-order valence-corrected chi connectivity index (χ4v) is 5.09. The summed E-state index contributed by atoms with van der Waals surface area (Å²) < 4.78 is 19.8. The Bertz CT molecular complexity index is 1030. The van der Waals surface area contributed by atoms with Gasteiger partial charge in [0.2, 0.25) is 0 Å². The van der Waals surface area contributed by atoms with Gasteiger partial charge < -0.3 is 10.0 Å². The molecule has 3 N–H and O–H groups in total. The van der Waals surface area contributed by atoms with Crippen molar-refractivity contribution in [2.45, 2.75) is 31.9 Å². The van der Waals surface area contributed by atoms with Crippen LogP contribution in [0.2, 0.25) is 0 Å². The molecule has 2 aromatic carbocycles. The quantitative estimate of drug-likeness (QED) is 0.562. The molecule has 1 fully saturated rings. The molecule has 1 saturated heterocycles. The third-order valence-electron chi connectivity index (χ3n) is 5.75. The number of piperidine rings is 1. The molecule has 3 aromatic rings. The molecular weight excluding hydrogens is 386 g/mol. The van der Waals surface area contributed by atoms with Gasteiger partial charge in [0, 0.05) is 19.3 Å². The number of nitrogens with zero attached hydrogens (tertiary/aromatic N) is 3. The minimum absolute atomic E-state index is 0.0419. The minimum atomic E-state index is -2.49. The van der Waals surface area contributed by atoms with Crippen molar-refractivity contribution in [3.63, 3.8) is 0 Å². The number of aromatic nitrogens is 2. The topological polar surface area (TPSA) is 89.7 Å². The highest BCUT2D eigenvalue weighted by molar-refractivity contribution is 8.24. The molecule has 0 saturated carbocycles. The minimum Gasteiger partial charge on any atom is -0.507 e. The van der Waals surface area contributed by atoms with Gasteiger partial charge in [0.05, 0.1) is 22.5 Å². The second-order valence-corrected chi connectivity index (χ2v) is 10.4. The van der Waals surface area contributed by atoms with Crippen molar-refractivity contribution in [3.05, 3.63) is 47.7 Å².